The first-order valence-electron chi connectivity index (χ1n) is 12.3. The summed E-state index contributed by atoms with van der Waals surface area (Å²) in [7, 11) is -1.62. The zero-order chi connectivity index (χ0) is 26.6. The number of carbonyl (C=O) groups excluding carboxylic acids is 1. The minimum Gasteiger partial charge on any atom is -0.493 e. The van der Waals surface area contributed by atoms with Gasteiger partial charge in [-0.15, -0.1) is 0 Å². The fourth-order valence-electron chi connectivity index (χ4n) is 4.90. The Hall–Kier alpha value is -1.55. The number of carbonyl (C=O) groups is 1. The van der Waals surface area contributed by atoms with Crippen LogP contribution in [-0.4, -0.2) is 81.4 Å². The highest BCUT2D eigenvalue weighted by molar-refractivity contribution is 7.88. The van der Waals surface area contributed by atoms with E-state index in [0.29, 0.717) is 58.9 Å². The highest BCUT2D eigenvalue weighted by atomic mass is 35.5. The number of piperidine rings is 1. The van der Waals surface area contributed by atoms with Gasteiger partial charge in [0.2, 0.25) is 15.9 Å². The van der Waals surface area contributed by atoms with E-state index in [2.05, 4.69) is 4.90 Å². The SMILES string of the molecule is CN1CCN(C(=O)C[C@]2(COc3ccc(Cl)cc3)CCCN(S(=O)(=O)Cc3ccc(Cl)c(Cl)c3)C2)CC1. The summed E-state index contributed by atoms with van der Waals surface area (Å²) in [5.41, 5.74) is -0.0836. The lowest BCUT2D eigenvalue weighted by Gasteiger charge is -2.43. The van der Waals surface area contributed by atoms with Crippen LogP contribution in [-0.2, 0) is 20.6 Å². The number of halogens is 3. The van der Waals surface area contributed by atoms with Crippen molar-refractivity contribution in [2.24, 2.45) is 5.41 Å². The molecule has 1 atom stereocenters. The predicted molar refractivity (Wildman–Crippen MR) is 148 cm³/mol. The maximum absolute atomic E-state index is 13.5. The highest BCUT2D eigenvalue weighted by Gasteiger charge is 2.43. The molecule has 2 aliphatic heterocycles. The Kier molecular flexibility index (Phi) is 9.30. The van der Waals surface area contributed by atoms with Crippen molar-refractivity contribution in [2.75, 3.05) is 52.9 Å². The molecule has 0 aliphatic carbocycles. The molecule has 1 amide bonds. The minimum absolute atomic E-state index is 0.0385. The van der Waals surface area contributed by atoms with Crippen LogP contribution in [0.1, 0.15) is 24.8 Å². The van der Waals surface area contributed by atoms with Crippen LogP contribution in [0.5, 0.6) is 5.75 Å². The van der Waals surface area contributed by atoms with E-state index in [4.69, 9.17) is 39.5 Å². The van der Waals surface area contributed by atoms with Crippen molar-refractivity contribution in [2.45, 2.75) is 25.0 Å². The van der Waals surface area contributed by atoms with Gasteiger partial charge in [-0.2, -0.15) is 0 Å². The number of benzene rings is 2. The predicted octanol–water partition coefficient (Wildman–Crippen LogP) is 4.80. The van der Waals surface area contributed by atoms with Crippen LogP contribution in [0.2, 0.25) is 15.1 Å². The van der Waals surface area contributed by atoms with Gasteiger partial charge in [-0.25, -0.2) is 12.7 Å². The molecule has 2 aliphatic rings. The quantitative estimate of drug-likeness (QED) is 0.443. The monoisotopic (exact) mass is 587 g/mol. The molecule has 11 heteroatoms. The van der Waals surface area contributed by atoms with Gasteiger partial charge in [0.1, 0.15) is 5.75 Å². The van der Waals surface area contributed by atoms with E-state index in [9.17, 15) is 13.2 Å². The Morgan fingerprint density at radius 1 is 0.973 bits per heavy atom. The smallest absolute Gasteiger partial charge is 0.223 e. The summed E-state index contributed by atoms with van der Waals surface area (Å²) in [6, 6.07) is 11.9. The number of nitrogens with zero attached hydrogens (tertiary/aromatic N) is 3. The van der Waals surface area contributed by atoms with E-state index in [1.165, 1.54) is 4.31 Å². The van der Waals surface area contributed by atoms with Crippen LogP contribution in [0.3, 0.4) is 0 Å². The Bertz CT molecular complexity index is 1200. The maximum atomic E-state index is 13.5. The molecule has 2 aromatic carbocycles. The normalized spacial score (nSPS) is 21.7. The molecule has 0 N–H and O–H groups in total. The first-order chi connectivity index (χ1) is 17.6. The summed E-state index contributed by atoms with van der Waals surface area (Å²) in [6.45, 7) is 3.83. The van der Waals surface area contributed by atoms with E-state index in [0.717, 1.165) is 13.1 Å². The molecule has 4 rings (SSSR count). The van der Waals surface area contributed by atoms with E-state index >= 15 is 0 Å². The molecular weight excluding hydrogens is 557 g/mol. The van der Waals surface area contributed by atoms with Crippen LogP contribution in [0.25, 0.3) is 0 Å². The maximum Gasteiger partial charge on any atom is 0.223 e. The van der Waals surface area contributed by atoms with Crippen LogP contribution in [0.4, 0.5) is 0 Å². The molecule has 2 saturated heterocycles. The van der Waals surface area contributed by atoms with Crippen molar-refractivity contribution in [3.8, 4) is 5.75 Å². The second-order valence-electron chi connectivity index (χ2n) is 10.0. The molecule has 7 nitrogen and oxygen atoms in total. The second-order valence-corrected chi connectivity index (χ2v) is 13.3. The van der Waals surface area contributed by atoms with Crippen LogP contribution in [0.15, 0.2) is 42.5 Å². The number of piperazine rings is 1. The molecule has 37 heavy (non-hydrogen) atoms. The number of ether oxygens (including phenoxy) is 1. The average Bonchev–Trinajstić information content (AvgIpc) is 2.86. The molecular formula is C26H32Cl3N3O4S. The van der Waals surface area contributed by atoms with Crippen LogP contribution < -0.4 is 4.74 Å². The van der Waals surface area contributed by atoms with Gasteiger partial charge in [0.25, 0.3) is 0 Å². The zero-order valence-electron chi connectivity index (χ0n) is 20.8. The standard InChI is InChI=1S/C26H32Cl3N3O4S/c1-30-11-13-31(14-12-30)25(33)16-26(19-36-22-6-4-21(27)5-7-22)9-2-10-32(18-26)37(34,35)17-20-3-8-23(28)24(29)15-20/h3-8,15H,2,9-14,16-19H2,1H3/t26-/m1/s1. The molecule has 0 unspecified atom stereocenters. The first-order valence-corrected chi connectivity index (χ1v) is 15.1. The van der Waals surface area contributed by atoms with Crippen LogP contribution >= 0.6 is 34.8 Å². The third-order valence-corrected chi connectivity index (χ3v) is 9.88. The first kappa shape index (κ1) is 28.5. The van der Waals surface area contributed by atoms with Crippen molar-refractivity contribution < 1.29 is 17.9 Å². The van der Waals surface area contributed by atoms with E-state index in [-0.39, 0.29) is 31.2 Å². The summed E-state index contributed by atoms with van der Waals surface area (Å²) in [4.78, 5) is 17.5. The van der Waals surface area contributed by atoms with Gasteiger partial charge in [0, 0.05) is 56.1 Å². The number of sulfonamides is 1. The van der Waals surface area contributed by atoms with Crippen molar-refractivity contribution >= 4 is 50.7 Å². The van der Waals surface area contributed by atoms with Gasteiger partial charge in [-0.05, 0) is 61.9 Å². The van der Waals surface area contributed by atoms with Crippen molar-refractivity contribution in [1.29, 1.82) is 0 Å². The average molecular weight is 589 g/mol. The van der Waals surface area contributed by atoms with E-state index < -0.39 is 15.4 Å². The fourth-order valence-corrected chi connectivity index (χ4v) is 7.01. The molecule has 0 bridgehead atoms. The number of amides is 1. The third-order valence-electron chi connectivity index (χ3n) is 7.09. The molecule has 0 aromatic heterocycles. The van der Waals surface area contributed by atoms with Gasteiger partial charge < -0.3 is 14.5 Å². The summed E-state index contributed by atoms with van der Waals surface area (Å²) >= 11 is 18.1. The number of hydrogen-bond acceptors (Lipinski definition) is 5. The topological polar surface area (TPSA) is 70.2 Å². The number of rotatable bonds is 8. The molecule has 2 aromatic rings. The Morgan fingerprint density at radius 3 is 2.35 bits per heavy atom. The Labute approximate surface area is 234 Å². The van der Waals surface area contributed by atoms with Crippen molar-refractivity contribution in [3.63, 3.8) is 0 Å². The van der Waals surface area contributed by atoms with Gasteiger partial charge in [-0.1, -0.05) is 40.9 Å². The molecule has 2 fully saturated rings. The van der Waals surface area contributed by atoms with Gasteiger partial charge in [-0.3, -0.25) is 4.79 Å². The van der Waals surface area contributed by atoms with Gasteiger partial charge in [0.05, 0.1) is 22.4 Å². The molecule has 0 saturated carbocycles. The lowest BCUT2D eigenvalue weighted by atomic mass is 9.78. The summed E-state index contributed by atoms with van der Waals surface area (Å²) in [5, 5.41) is 1.29. The van der Waals surface area contributed by atoms with Crippen molar-refractivity contribution in [1.82, 2.24) is 14.1 Å². The second kappa shape index (κ2) is 12.1. The third kappa shape index (κ3) is 7.52. The van der Waals surface area contributed by atoms with Gasteiger partial charge >= 0.3 is 0 Å². The van der Waals surface area contributed by atoms with Gasteiger partial charge in [0.15, 0.2) is 0 Å². The molecule has 2 heterocycles. The molecule has 202 valence electrons. The summed E-state index contributed by atoms with van der Waals surface area (Å²) < 4.78 is 34.6. The largest absolute Gasteiger partial charge is 0.493 e. The number of hydrogen-bond donors (Lipinski definition) is 0. The zero-order valence-corrected chi connectivity index (χ0v) is 23.9. The summed E-state index contributed by atoms with van der Waals surface area (Å²) in [6.07, 6.45) is 1.56. The Balaban J connectivity index is 1.53. The van der Waals surface area contributed by atoms with Crippen LogP contribution in [0, 0.1) is 5.41 Å². The fraction of sp³-hybridized carbons (Fsp3) is 0.500. The lowest BCUT2D eigenvalue weighted by molar-refractivity contribution is -0.136. The van der Waals surface area contributed by atoms with Crippen molar-refractivity contribution in [3.05, 3.63) is 63.1 Å². The lowest BCUT2D eigenvalue weighted by Crippen LogP contribution is -2.53. The summed E-state index contributed by atoms with van der Waals surface area (Å²) in [5.74, 6) is 0.480. The minimum atomic E-state index is -3.67. The van der Waals surface area contributed by atoms with E-state index in [1.54, 1.807) is 42.5 Å². The number of likely N-dealkylation sites (N-methyl/N-ethyl adjacent to an activating group) is 1. The Morgan fingerprint density at radius 2 is 1.68 bits per heavy atom. The van der Waals surface area contributed by atoms with E-state index in [1.807, 2.05) is 11.9 Å². The molecule has 0 spiro atoms. The highest BCUT2D eigenvalue weighted by Crippen LogP contribution is 2.37. The molecule has 0 radical (unpaired) electrons.